The predicted octanol–water partition coefficient (Wildman–Crippen LogP) is 0.284. The second-order valence-electron chi connectivity index (χ2n) is 1.82. The van der Waals surface area contributed by atoms with Crippen LogP contribution in [-0.4, -0.2) is 31.1 Å². The van der Waals surface area contributed by atoms with Gasteiger partial charge in [0.1, 0.15) is 0 Å². The smallest absolute Gasteiger partial charge is 0.0104 e. The zero-order valence-electron chi connectivity index (χ0n) is 6.15. The molecule has 0 aromatic rings. The van der Waals surface area contributed by atoms with Crippen molar-refractivity contribution >= 4 is 0 Å². The summed E-state index contributed by atoms with van der Waals surface area (Å²) in [6, 6.07) is 0. The summed E-state index contributed by atoms with van der Waals surface area (Å²) in [7, 11) is 0. The number of nitrogens with zero attached hydrogens (tertiary/aromatic N) is 1. The van der Waals surface area contributed by atoms with E-state index in [-0.39, 0.29) is 22.4 Å². The van der Waals surface area contributed by atoms with Gasteiger partial charge in [0, 0.05) is 35.5 Å². The van der Waals surface area contributed by atoms with E-state index in [1.807, 2.05) is 0 Å². The van der Waals surface area contributed by atoms with Crippen LogP contribution in [0.25, 0.3) is 0 Å². The minimum Gasteiger partial charge on any atom is -0.329 e. The maximum absolute atomic E-state index is 5.34. The van der Waals surface area contributed by atoms with E-state index in [4.69, 9.17) is 5.73 Å². The number of nitrogens with two attached hydrogens (primary N) is 1. The van der Waals surface area contributed by atoms with Gasteiger partial charge in [-0.15, -0.1) is 0 Å². The zero-order chi connectivity index (χ0) is 6.41. The number of hydrogen-bond acceptors (Lipinski definition) is 2. The van der Waals surface area contributed by atoms with Crippen LogP contribution in [0, 0.1) is 0 Å². The molecule has 0 fully saturated rings. The van der Waals surface area contributed by atoms with Crippen molar-refractivity contribution in [2.24, 2.45) is 5.73 Å². The van der Waals surface area contributed by atoms with E-state index >= 15 is 0 Å². The van der Waals surface area contributed by atoms with Crippen molar-refractivity contribution in [1.29, 1.82) is 0 Å². The van der Waals surface area contributed by atoms with Gasteiger partial charge in [0.15, 0.2) is 0 Å². The quantitative estimate of drug-likeness (QED) is 0.695. The van der Waals surface area contributed by atoms with Gasteiger partial charge in [0.2, 0.25) is 0 Å². The summed E-state index contributed by atoms with van der Waals surface area (Å²) in [6.45, 7) is 8.36. The molecule has 0 rings (SSSR count). The fourth-order valence-electron chi connectivity index (χ4n) is 0.722. The number of hydrogen-bond donors (Lipinski definition) is 1. The van der Waals surface area contributed by atoms with Crippen molar-refractivity contribution in [3.8, 4) is 0 Å². The molecule has 0 unspecified atom stereocenters. The first-order valence-corrected chi connectivity index (χ1v) is 3.27. The van der Waals surface area contributed by atoms with E-state index in [1.54, 1.807) is 0 Å². The van der Waals surface area contributed by atoms with Crippen LogP contribution in [0.2, 0.25) is 0 Å². The molecule has 2 nitrogen and oxygen atoms in total. The first-order chi connectivity index (χ1) is 3.85. The van der Waals surface area contributed by atoms with Gasteiger partial charge in [-0.3, -0.25) is 0 Å². The largest absolute Gasteiger partial charge is 0.329 e. The van der Waals surface area contributed by atoms with Gasteiger partial charge in [-0.25, -0.2) is 0 Å². The van der Waals surface area contributed by atoms with E-state index in [0.717, 1.165) is 26.2 Å². The van der Waals surface area contributed by atoms with Crippen LogP contribution in [0.3, 0.4) is 0 Å². The van der Waals surface area contributed by atoms with E-state index < -0.39 is 0 Å². The monoisotopic (exact) mass is 223 g/mol. The molecular weight excluding hydrogens is 208 g/mol. The van der Waals surface area contributed by atoms with E-state index in [0.29, 0.717) is 0 Å². The molecule has 61 valence electrons. The Morgan fingerprint density at radius 1 is 1.22 bits per heavy atom. The van der Waals surface area contributed by atoms with Gasteiger partial charge in [0.05, 0.1) is 0 Å². The first kappa shape index (κ1) is 12.3. The maximum atomic E-state index is 5.34. The Labute approximate surface area is 73.3 Å². The van der Waals surface area contributed by atoms with Gasteiger partial charge in [0.25, 0.3) is 0 Å². The molecule has 9 heavy (non-hydrogen) atoms. The standard InChI is InChI=1S/C6H16N2.Ag/c1-3-8(4-2)6-5-7;/h3-7H2,1-2H3;. The van der Waals surface area contributed by atoms with Crippen molar-refractivity contribution in [2.45, 2.75) is 13.8 Å². The second-order valence-corrected chi connectivity index (χ2v) is 1.82. The van der Waals surface area contributed by atoms with E-state index in [2.05, 4.69) is 18.7 Å². The third-order valence-corrected chi connectivity index (χ3v) is 1.34. The van der Waals surface area contributed by atoms with Gasteiger partial charge < -0.3 is 10.6 Å². The summed E-state index contributed by atoms with van der Waals surface area (Å²) in [5.41, 5.74) is 5.34. The van der Waals surface area contributed by atoms with E-state index in [1.165, 1.54) is 0 Å². The van der Waals surface area contributed by atoms with Gasteiger partial charge in [-0.2, -0.15) is 0 Å². The minimum absolute atomic E-state index is 0. The molecular formula is C6H16AgN2. The molecule has 0 aliphatic carbocycles. The Bertz CT molecular complexity index is 46.3. The van der Waals surface area contributed by atoms with Gasteiger partial charge in [-0.05, 0) is 13.1 Å². The topological polar surface area (TPSA) is 29.3 Å². The van der Waals surface area contributed by atoms with Crippen LogP contribution in [0.4, 0.5) is 0 Å². The number of likely N-dealkylation sites (N-methyl/N-ethyl adjacent to an activating group) is 1. The summed E-state index contributed by atoms with van der Waals surface area (Å²) in [6.07, 6.45) is 0. The molecule has 0 bridgehead atoms. The zero-order valence-corrected chi connectivity index (χ0v) is 7.64. The molecule has 0 heterocycles. The molecule has 0 spiro atoms. The van der Waals surface area contributed by atoms with Crippen molar-refractivity contribution in [3.63, 3.8) is 0 Å². The molecule has 1 radical (unpaired) electrons. The van der Waals surface area contributed by atoms with Gasteiger partial charge >= 0.3 is 0 Å². The van der Waals surface area contributed by atoms with Crippen LogP contribution in [0.1, 0.15) is 13.8 Å². The molecule has 0 amide bonds. The van der Waals surface area contributed by atoms with Crippen LogP contribution in [-0.2, 0) is 22.4 Å². The maximum Gasteiger partial charge on any atom is 0.0104 e. The Morgan fingerprint density at radius 3 is 1.78 bits per heavy atom. The second kappa shape index (κ2) is 8.66. The van der Waals surface area contributed by atoms with Crippen molar-refractivity contribution < 1.29 is 22.4 Å². The predicted molar refractivity (Wildman–Crippen MR) is 36.8 cm³/mol. The van der Waals surface area contributed by atoms with Crippen molar-refractivity contribution in [1.82, 2.24) is 4.90 Å². The van der Waals surface area contributed by atoms with Crippen molar-refractivity contribution in [2.75, 3.05) is 26.2 Å². The molecule has 0 atom stereocenters. The van der Waals surface area contributed by atoms with Crippen LogP contribution < -0.4 is 5.73 Å². The Kier molecular flexibility index (Phi) is 11.9. The average Bonchev–Trinajstić information content (AvgIpc) is 1.83. The summed E-state index contributed by atoms with van der Waals surface area (Å²) in [4.78, 5) is 2.31. The molecule has 0 saturated heterocycles. The summed E-state index contributed by atoms with van der Waals surface area (Å²) >= 11 is 0. The fraction of sp³-hybridized carbons (Fsp3) is 1.00. The van der Waals surface area contributed by atoms with Gasteiger partial charge in [-0.1, -0.05) is 13.8 Å². The molecule has 2 N–H and O–H groups in total. The third-order valence-electron chi connectivity index (χ3n) is 1.34. The average molecular weight is 224 g/mol. The minimum atomic E-state index is 0. The SMILES string of the molecule is CCN(CC)CCN.[Ag]. The van der Waals surface area contributed by atoms with E-state index in [9.17, 15) is 0 Å². The third kappa shape index (κ3) is 6.55. The van der Waals surface area contributed by atoms with Crippen LogP contribution >= 0.6 is 0 Å². The fourth-order valence-corrected chi connectivity index (χ4v) is 0.722. The van der Waals surface area contributed by atoms with Crippen LogP contribution in [0.5, 0.6) is 0 Å². The molecule has 3 heteroatoms. The molecule has 0 aromatic carbocycles. The van der Waals surface area contributed by atoms with Crippen LogP contribution in [0.15, 0.2) is 0 Å². The Morgan fingerprint density at radius 2 is 1.67 bits per heavy atom. The molecule has 0 aromatic heterocycles. The Balaban J connectivity index is 0. The summed E-state index contributed by atoms with van der Waals surface area (Å²) < 4.78 is 0. The van der Waals surface area contributed by atoms with Crippen molar-refractivity contribution in [3.05, 3.63) is 0 Å². The summed E-state index contributed by atoms with van der Waals surface area (Å²) in [5, 5.41) is 0. The molecule has 0 aliphatic heterocycles. The number of rotatable bonds is 4. The normalized spacial score (nSPS) is 9.33. The first-order valence-electron chi connectivity index (χ1n) is 3.27. The Hall–Kier alpha value is 0.660. The molecule has 0 aliphatic rings. The molecule has 0 saturated carbocycles. The summed E-state index contributed by atoms with van der Waals surface area (Å²) in [5.74, 6) is 0.